The number of aromatic hydroxyl groups is 1. The summed E-state index contributed by atoms with van der Waals surface area (Å²) in [6, 6.07) is 6.26. The number of thiocarbonyl (C=S) groups is 1. The third-order valence-electron chi connectivity index (χ3n) is 2.50. The van der Waals surface area contributed by atoms with Gasteiger partial charge in [-0.3, -0.25) is 9.69 Å². The van der Waals surface area contributed by atoms with Gasteiger partial charge in [-0.05, 0) is 37.3 Å². The first-order valence-electron chi connectivity index (χ1n) is 5.97. The summed E-state index contributed by atoms with van der Waals surface area (Å²) in [5, 5.41) is 9.30. The number of hydrogen-bond acceptors (Lipinski definition) is 5. The van der Waals surface area contributed by atoms with Gasteiger partial charge in [-0.15, -0.1) is 0 Å². The topological polar surface area (TPSA) is 49.8 Å². The molecule has 6 heteroatoms. The average Bonchev–Trinajstić information content (AvgIpc) is 2.65. The Morgan fingerprint density at radius 2 is 2.00 bits per heavy atom. The van der Waals surface area contributed by atoms with Gasteiger partial charge in [0, 0.05) is 0 Å². The maximum absolute atomic E-state index is 12.4. The van der Waals surface area contributed by atoms with E-state index in [2.05, 4.69) is 13.2 Å². The van der Waals surface area contributed by atoms with Crippen LogP contribution in [-0.4, -0.2) is 15.3 Å². The highest BCUT2D eigenvalue weighted by atomic mass is 32.2. The zero-order chi connectivity index (χ0) is 15.6. The van der Waals surface area contributed by atoms with Gasteiger partial charge in [-0.2, -0.15) is 0 Å². The van der Waals surface area contributed by atoms with Crippen molar-refractivity contribution >= 4 is 39.9 Å². The second-order valence-corrected chi connectivity index (χ2v) is 5.98. The number of thioether (sulfide) groups is 1. The van der Waals surface area contributed by atoms with Gasteiger partial charge < -0.3 is 9.84 Å². The first kappa shape index (κ1) is 15.3. The number of carbonyl (C=O) groups is 1. The number of benzene rings is 1. The number of allylic oxidation sites excluding steroid dienone is 2. The van der Waals surface area contributed by atoms with E-state index in [1.165, 1.54) is 34.9 Å². The highest BCUT2D eigenvalue weighted by Gasteiger charge is 2.33. The van der Waals surface area contributed by atoms with Crippen LogP contribution in [0, 0.1) is 0 Å². The standard InChI is InChI=1S/C15H13NO3S2/c1-9(2)19-10(3)8-13-14(18)16(15(20)21-13)11-4-6-12(17)7-5-11/h4-8,17H,1,3H2,2H3/b13-8-. The minimum atomic E-state index is -0.248. The molecule has 0 spiro atoms. The summed E-state index contributed by atoms with van der Waals surface area (Å²) in [6.07, 6.45) is 1.54. The van der Waals surface area contributed by atoms with Crippen molar-refractivity contribution in [2.45, 2.75) is 6.92 Å². The van der Waals surface area contributed by atoms with Crippen LogP contribution in [0.3, 0.4) is 0 Å². The van der Waals surface area contributed by atoms with Crippen LogP contribution in [-0.2, 0) is 9.53 Å². The van der Waals surface area contributed by atoms with Gasteiger partial charge in [0.1, 0.15) is 11.5 Å². The Morgan fingerprint density at radius 1 is 1.38 bits per heavy atom. The fourth-order valence-corrected chi connectivity index (χ4v) is 2.99. The number of hydrogen-bond donors (Lipinski definition) is 1. The molecule has 0 saturated carbocycles. The van der Waals surface area contributed by atoms with E-state index >= 15 is 0 Å². The minimum absolute atomic E-state index is 0.128. The van der Waals surface area contributed by atoms with Crippen molar-refractivity contribution < 1.29 is 14.6 Å². The van der Waals surface area contributed by atoms with Gasteiger partial charge in [0.2, 0.25) is 0 Å². The molecule has 4 nitrogen and oxygen atoms in total. The van der Waals surface area contributed by atoms with E-state index in [0.717, 1.165) is 0 Å². The Labute approximate surface area is 132 Å². The SMILES string of the molecule is C=C(C)OC(=C)/C=C1\SC(=S)N(c2ccc(O)cc2)C1=O. The highest BCUT2D eigenvalue weighted by molar-refractivity contribution is 8.27. The van der Waals surface area contributed by atoms with E-state index < -0.39 is 0 Å². The predicted molar refractivity (Wildman–Crippen MR) is 88.9 cm³/mol. The van der Waals surface area contributed by atoms with E-state index in [-0.39, 0.29) is 11.7 Å². The molecule has 1 amide bonds. The minimum Gasteiger partial charge on any atom is -0.508 e. The normalized spacial score (nSPS) is 16.4. The van der Waals surface area contributed by atoms with Gasteiger partial charge in [0.15, 0.2) is 4.32 Å². The lowest BCUT2D eigenvalue weighted by atomic mass is 10.2. The second kappa shape index (κ2) is 6.15. The third kappa shape index (κ3) is 3.53. The molecule has 1 fully saturated rings. The summed E-state index contributed by atoms with van der Waals surface area (Å²) < 4.78 is 5.64. The molecule has 2 rings (SSSR count). The Bertz CT molecular complexity index is 662. The number of nitrogens with zero attached hydrogens (tertiary/aromatic N) is 1. The Hall–Kier alpha value is -2.05. The molecule has 1 aliphatic heterocycles. The molecule has 1 aromatic rings. The van der Waals surface area contributed by atoms with Crippen molar-refractivity contribution in [1.29, 1.82) is 0 Å². The summed E-state index contributed by atoms with van der Waals surface area (Å²) in [6.45, 7) is 9.01. The van der Waals surface area contributed by atoms with Crippen molar-refractivity contribution in [1.82, 2.24) is 0 Å². The van der Waals surface area contributed by atoms with Crippen molar-refractivity contribution in [3.05, 3.63) is 59.9 Å². The molecular weight excluding hydrogens is 306 g/mol. The van der Waals surface area contributed by atoms with Gasteiger partial charge in [-0.1, -0.05) is 37.1 Å². The number of phenolic OH excluding ortho intramolecular Hbond substituents is 1. The molecule has 0 atom stereocenters. The Balaban J connectivity index is 2.24. The van der Waals surface area contributed by atoms with Crippen LogP contribution in [0.1, 0.15) is 6.92 Å². The maximum Gasteiger partial charge on any atom is 0.270 e. The fourth-order valence-electron chi connectivity index (χ4n) is 1.69. The van der Waals surface area contributed by atoms with Crippen LogP contribution < -0.4 is 4.90 Å². The average molecular weight is 319 g/mol. The van der Waals surface area contributed by atoms with E-state index in [1.54, 1.807) is 19.1 Å². The van der Waals surface area contributed by atoms with Crippen molar-refractivity contribution in [3.63, 3.8) is 0 Å². The van der Waals surface area contributed by atoms with E-state index in [0.29, 0.717) is 26.4 Å². The van der Waals surface area contributed by atoms with Crippen LogP contribution in [0.15, 0.2) is 59.9 Å². The maximum atomic E-state index is 12.4. The predicted octanol–water partition coefficient (Wildman–Crippen LogP) is 3.70. The molecule has 0 bridgehead atoms. The summed E-state index contributed by atoms with van der Waals surface area (Å²) in [4.78, 5) is 14.2. The van der Waals surface area contributed by atoms with Gasteiger partial charge in [0.25, 0.3) is 5.91 Å². The van der Waals surface area contributed by atoms with Crippen molar-refractivity contribution in [2.24, 2.45) is 0 Å². The molecule has 0 aromatic heterocycles. The summed E-state index contributed by atoms with van der Waals surface area (Å²) >= 11 is 6.40. The first-order valence-corrected chi connectivity index (χ1v) is 7.20. The lowest BCUT2D eigenvalue weighted by molar-refractivity contribution is -0.113. The third-order valence-corrected chi connectivity index (χ3v) is 3.80. The molecule has 108 valence electrons. The number of rotatable bonds is 4. The molecule has 0 aliphatic carbocycles. The number of anilines is 1. The van der Waals surface area contributed by atoms with E-state index in [1.807, 2.05) is 0 Å². The smallest absolute Gasteiger partial charge is 0.270 e. The van der Waals surface area contributed by atoms with Crippen LogP contribution >= 0.6 is 24.0 Å². The lowest BCUT2D eigenvalue weighted by Gasteiger charge is -2.14. The monoisotopic (exact) mass is 319 g/mol. The molecule has 1 aliphatic rings. The van der Waals surface area contributed by atoms with Crippen LogP contribution in [0.2, 0.25) is 0 Å². The van der Waals surface area contributed by atoms with Gasteiger partial charge in [0.05, 0.1) is 16.4 Å². The molecule has 1 N–H and O–H groups in total. The highest BCUT2D eigenvalue weighted by Crippen LogP contribution is 2.35. The van der Waals surface area contributed by atoms with Gasteiger partial charge in [-0.25, -0.2) is 0 Å². The number of carbonyl (C=O) groups excluding carboxylic acids is 1. The summed E-state index contributed by atoms with van der Waals surface area (Å²) in [5.74, 6) is 0.698. The largest absolute Gasteiger partial charge is 0.508 e. The fraction of sp³-hybridized carbons (Fsp3) is 0.0667. The molecule has 0 unspecified atom stereocenters. The molecule has 0 radical (unpaired) electrons. The van der Waals surface area contributed by atoms with Crippen LogP contribution in [0.25, 0.3) is 0 Å². The molecule has 1 saturated heterocycles. The van der Waals surface area contributed by atoms with E-state index in [4.69, 9.17) is 17.0 Å². The van der Waals surface area contributed by atoms with Crippen LogP contribution in [0.4, 0.5) is 5.69 Å². The molecular formula is C15H13NO3S2. The zero-order valence-electron chi connectivity index (χ0n) is 11.3. The first-order chi connectivity index (χ1) is 9.88. The van der Waals surface area contributed by atoms with Crippen molar-refractivity contribution in [2.75, 3.05) is 4.90 Å². The summed E-state index contributed by atoms with van der Waals surface area (Å²) in [7, 11) is 0. The quantitative estimate of drug-likeness (QED) is 0.521. The number of amides is 1. The van der Waals surface area contributed by atoms with E-state index in [9.17, 15) is 9.90 Å². The zero-order valence-corrected chi connectivity index (χ0v) is 13.0. The Morgan fingerprint density at radius 3 is 2.57 bits per heavy atom. The second-order valence-electron chi connectivity index (χ2n) is 4.30. The molecule has 1 aromatic carbocycles. The van der Waals surface area contributed by atoms with Crippen molar-refractivity contribution in [3.8, 4) is 5.75 Å². The number of phenols is 1. The number of ether oxygens (including phenoxy) is 1. The Kier molecular flexibility index (Phi) is 4.50. The molecule has 1 heterocycles. The van der Waals surface area contributed by atoms with Gasteiger partial charge >= 0.3 is 0 Å². The van der Waals surface area contributed by atoms with Crippen LogP contribution in [0.5, 0.6) is 5.75 Å². The molecule has 21 heavy (non-hydrogen) atoms. The summed E-state index contributed by atoms with van der Waals surface area (Å²) in [5.41, 5.74) is 0.602. The lowest BCUT2D eigenvalue weighted by Crippen LogP contribution is -2.27.